The fourth-order valence-corrected chi connectivity index (χ4v) is 3.72. The molecule has 0 aromatic heterocycles. The molecule has 5 amide bonds. The summed E-state index contributed by atoms with van der Waals surface area (Å²) in [4.78, 5) is 73.5. The van der Waals surface area contributed by atoms with Crippen LogP contribution in [-0.4, -0.2) is 76.2 Å². The van der Waals surface area contributed by atoms with Crippen molar-refractivity contribution >= 4 is 35.5 Å². The molecule has 0 spiro atoms. The Balaban J connectivity index is 2.96. The van der Waals surface area contributed by atoms with Crippen molar-refractivity contribution in [1.82, 2.24) is 15.5 Å². The van der Waals surface area contributed by atoms with Gasteiger partial charge in [0.15, 0.2) is 0 Å². The van der Waals surface area contributed by atoms with Gasteiger partial charge in [0, 0.05) is 19.4 Å². The van der Waals surface area contributed by atoms with Gasteiger partial charge in [-0.25, -0.2) is 4.79 Å². The van der Waals surface area contributed by atoms with Crippen LogP contribution in [0.2, 0.25) is 0 Å². The molecular weight excluding hydrogens is 448 g/mol. The lowest BCUT2D eigenvalue weighted by molar-refractivity contribution is -0.145. The van der Waals surface area contributed by atoms with Crippen molar-refractivity contribution in [2.75, 3.05) is 6.54 Å². The van der Waals surface area contributed by atoms with Gasteiger partial charge in [0.25, 0.3) is 0 Å². The summed E-state index contributed by atoms with van der Waals surface area (Å²) in [6.07, 6.45) is 0.581. The highest BCUT2D eigenvalue weighted by atomic mass is 16.4. The van der Waals surface area contributed by atoms with Crippen LogP contribution >= 0.6 is 0 Å². The van der Waals surface area contributed by atoms with Crippen LogP contribution < -0.4 is 27.8 Å². The summed E-state index contributed by atoms with van der Waals surface area (Å²) in [7, 11) is 0. The van der Waals surface area contributed by atoms with Crippen LogP contribution in [0, 0.1) is 5.92 Å². The highest BCUT2D eigenvalue weighted by Crippen LogP contribution is 2.20. The minimum atomic E-state index is -1.18. The highest BCUT2D eigenvalue weighted by Gasteiger charge is 2.39. The third kappa shape index (κ3) is 9.33. The van der Waals surface area contributed by atoms with E-state index in [0.29, 0.717) is 12.8 Å². The zero-order valence-corrected chi connectivity index (χ0v) is 19.6. The fourth-order valence-electron chi connectivity index (χ4n) is 3.72. The molecule has 1 aliphatic rings. The van der Waals surface area contributed by atoms with Gasteiger partial charge in [0.1, 0.15) is 18.1 Å². The van der Waals surface area contributed by atoms with Gasteiger partial charge >= 0.3 is 5.97 Å². The highest BCUT2D eigenvalue weighted by molar-refractivity contribution is 5.94. The van der Waals surface area contributed by atoms with Gasteiger partial charge in [0.2, 0.25) is 29.5 Å². The lowest BCUT2D eigenvalue weighted by Gasteiger charge is -2.30. The maximum Gasteiger partial charge on any atom is 0.326 e. The van der Waals surface area contributed by atoms with Gasteiger partial charge in [-0.3, -0.25) is 24.0 Å². The van der Waals surface area contributed by atoms with E-state index in [4.69, 9.17) is 17.2 Å². The van der Waals surface area contributed by atoms with Crippen molar-refractivity contribution in [1.29, 1.82) is 0 Å². The SMILES string of the molecule is CC(C)CC(NC(=O)C1CCCN1C(=O)C(CCC(N)=O)NC(=O)C(N)CCC(N)=O)C(=O)O. The van der Waals surface area contributed by atoms with Crippen LogP contribution in [0.15, 0.2) is 0 Å². The summed E-state index contributed by atoms with van der Waals surface area (Å²) < 4.78 is 0. The molecule has 0 radical (unpaired) electrons. The van der Waals surface area contributed by atoms with Crippen LogP contribution in [0.25, 0.3) is 0 Å². The molecule has 4 atom stereocenters. The smallest absolute Gasteiger partial charge is 0.326 e. The average Bonchev–Trinajstić information content (AvgIpc) is 3.23. The van der Waals surface area contributed by atoms with Gasteiger partial charge in [-0.2, -0.15) is 0 Å². The molecule has 0 aromatic carbocycles. The number of nitrogens with two attached hydrogens (primary N) is 3. The maximum absolute atomic E-state index is 13.2. The number of nitrogens with zero attached hydrogens (tertiary/aromatic N) is 1. The summed E-state index contributed by atoms with van der Waals surface area (Å²) in [6.45, 7) is 3.87. The van der Waals surface area contributed by atoms with Crippen LogP contribution in [0.1, 0.15) is 58.8 Å². The molecule has 1 aliphatic heterocycles. The number of amides is 5. The molecule has 0 aliphatic carbocycles. The predicted octanol–water partition coefficient (Wildman–Crippen LogP) is -2.06. The third-order valence-electron chi connectivity index (χ3n) is 5.49. The Hall–Kier alpha value is -3.22. The molecule has 13 nitrogen and oxygen atoms in total. The van der Waals surface area contributed by atoms with E-state index in [2.05, 4.69) is 10.6 Å². The van der Waals surface area contributed by atoms with Gasteiger partial charge in [0.05, 0.1) is 6.04 Å². The Morgan fingerprint density at radius 1 is 0.971 bits per heavy atom. The topological polar surface area (TPSA) is 228 Å². The first kappa shape index (κ1) is 28.8. The maximum atomic E-state index is 13.2. The number of primary amides is 2. The Bertz CT molecular complexity index is 788. The second-order valence-corrected chi connectivity index (χ2v) is 8.90. The Labute approximate surface area is 198 Å². The van der Waals surface area contributed by atoms with Crippen molar-refractivity contribution in [3.05, 3.63) is 0 Å². The summed E-state index contributed by atoms with van der Waals surface area (Å²) in [5.74, 6) is -4.38. The zero-order chi connectivity index (χ0) is 26.0. The number of carbonyl (C=O) groups excluding carboxylic acids is 5. The molecular formula is C21H36N6O7. The normalized spacial score (nSPS) is 18.1. The second kappa shape index (κ2) is 13.5. The predicted molar refractivity (Wildman–Crippen MR) is 121 cm³/mol. The van der Waals surface area contributed by atoms with Crippen molar-refractivity contribution in [2.24, 2.45) is 23.1 Å². The first-order valence-electron chi connectivity index (χ1n) is 11.3. The van der Waals surface area contributed by atoms with Crippen LogP contribution in [0.5, 0.6) is 0 Å². The van der Waals surface area contributed by atoms with E-state index in [1.165, 1.54) is 4.90 Å². The number of carboxylic acid groups (broad SMARTS) is 1. The van der Waals surface area contributed by atoms with E-state index in [1.807, 2.05) is 13.8 Å². The standard InChI is InChI=1S/C21H36N6O7/c1-11(2)10-14(21(33)34)26-19(31)15-4-3-9-27(15)20(32)13(6-8-17(24)29)25-18(30)12(22)5-7-16(23)28/h11-15H,3-10,22H2,1-2H3,(H2,23,28)(H2,24,29)(H,25,30)(H,26,31)(H,33,34). The van der Waals surface area contributed by atoms with E-state index in [9.17, 15) is 33.9 Å². The van der Waals surface area contributed by atoms with E-state index in [-0.39, 0.29) is 44.6 Å². The molecule has 34 heavy (non-hydrogen) atoms. The molecule has 0 aromatic rings. The van der Waals surface area contributed by atoms with Crippen LogP contribution in [0.4, 0.5) is 0 Å². The largest absolute Gasteiger partial charge is 0.480 e. The number of hydrogen-bond acceptors (Lipinski definition) is 7. The number of carboxylic acids is 1. The molecule has 4 unspecified atom stereocenters. The Kier molecular flexibility index (Phi) is 11.4. The van der Waals surface area contributed by atoms with Crippen molar-refractivity contribution in [3.8, 4) is 0 Å². The van der Waals surface area contributed by atoms with E-state index < -0.39 is 59.7 Å². The van der Waals surface area contributed by atoms with E-state index in [0.717, 1.165) is 0 Å². The molecule has 13 heteroatoms. The third-order valence-corrected chi connectivity index (χ3v) is 5.49. The molecule has 192 valence electrons. The number of hydrogen-bond donors (Lipinski definition) is 6. The molecule has 0 saturated carbocycles. The Morgan fingerprint density at radius 2 is 1.56 bits per heavy atom. The number of carbonyl (C=O) groups is 6. The minimum absolute atomic E-state index is 0.0230. The summed E-state index contributed by atoms with van der Waals surface area (Å²) >= 11 is 0. The van der Waals surface area contributed by atoms with Crippen LogP contribution in [0.3, 0.4) is 0 Å². The monoisotopic (exact) mass is 484 g/mol. The fraction of sp³-hybridized carbons (Fsp3) is 0.714. The van der Waals surface area contributed by atoms with Crippen molar-refractivity contribution in [3.63, 3.8) is 0 Å². The first-order valence-corrected chi connectivity index (χ1v) is 11.3. The zero-order valence-electron chi connectivity index (χ0n) is 19.6. The second-order valence-electron chi connectivity index (χ2n) is 8.90. The number of aliphatic carboxylic acids is 1. The first-order chi connectivity index (χ1) is 15.8. The molecule has 0 bridgehead atoms. The summed E-state index contributed by atoms with van der Waals surface area (Å²) in [6, 6.07) is -4.31. The van der Waals surface area contributed by atoms with Gasteiger partial charge in [-0.1, -0.05) is 13.8 Å². The number of nitrogens with one attached hydrogen (secondary N) is 2. The molecule has 1 heterocycles. The van der Waals surface area contributed by atoms with Crippen molar-refractivity contribution < 1.29 is 33.9 Å². The van der Waals surface area contributed by atoms with Gasteiger partial charge < -0.3 is 37.8 Å². The Morgan fingerprint density at radius 3 is 2.09 bits per heavy atom. The van der Waals surface area contributed by atoms with Crippen LogP contribution in [-0.2, 0) is 28.8 Å². The quantitative estimate of drug-likeness (QED) is 0.160. The van der Waals surface area contributed by atoms with Gasteiger partial charge in [-0.15, -0.1) is 0 Å². The van der Waals surface area contributed by atoms with Gasteiger partial charge in [-0.05, 0) is 38.0 Å². The summed E-state index contributed by atoms with van der Waals surface area (Å²) in [5, 5.41) is 14.4. The van der Waals surface area contributed by atoms with E-state index in [1.54, 1.807) is 0 Å². The molecule has 9 N–H and O–H groups in total. The lowest BCUT2D eigenvalue weighted by atomic mass is 10.0. The average molecular weight is 485 g/mol. The number of rotatable bonds is 14. The lowest BCUT2D eigenvalue weighted by Crippen LogP contribution is -2.57. The van der Waals surface area contributed by atoms with Crippen molar-refractivity contribution in [2.45, 2.75) is 83.0 Å². The number of likely N-dealkylation sites (tertiary alicyclic amines) is 1. The molecule has 1 fully saturated rings. The van der Waals surface area contributed by atoms with E-state index >= 15 is 0 Å². The molecule has 1 rings (SSSR count). The minimum Gasteiger partial charge on any atom is -0.480 e. The molecule has 1 saturated heterocycles. The summed E-state index contributed by atoms with van der Waals surface area (Å²) in [5.41, 5.74) is 16.0.